The van der Waals surface area contributed by atoms with Crippen LogP contribution in [0, 0.1) is 5.92 Å². The van der Waals surface area contributed by atoms with Gasteiger partial charge in [-0.05, 0) is 30.0 Å². The number of anilines is 2. The summed E-state index contributed by atoms with van der Waals surface area (Å²) < 4.78 is 1.36. The zero-order valence-corrected chi connectivity index (χ0v) is 18.5. The lowest BCUT2D eigenvalue weighted by Gasteiger charge is -2.27. The van der Waals surface area contributed by atoms with Gasteiger partial charge in [0, 0.05) is 24.7 Å². The fourth-order valence-electron chi connectivity index (χ4n) is 3.17. The number of benzene rings is 1. The minimum absolute atomic E-state index is 0.0575. The van der Waals surface area contributed by atoms with Crippen LogP contribution in [-0.2, 0) is 17.9 Å². The van der Waals surface area contributed by atoms with Crippen molar-refractivity contribution in [1.82, 2.24) is 14.9 Å². The molecule has 1 aromatic carbocycles. The zero-order chi connectivity index (χ0) is 22.3. The van der Waals surface area contributed by atoms with Crippen LogP contribution in [0.4, 0.5) is 11.5 Å². The summed E-state index contributed by atoms with van der Waals surface area (Å²) in [5.74, 6) is -0.0122. The number of aromatic amines is 1. The third-order valence-electron chi connectivity index (χ3n) is 4.56. The predicted octanol–water partition coefficient (Wildman–Crippen LogP) is 2.35. The van der Waals surface area contributed by atoms with Gasteiger partial charge in [-0.15, -0.1) is 0 Å². The fourth-order valence-corrected chi connectivity index (χ4v) is 3.39. The monoisotopic (exact) mass is 435 g/mol. The highest BCUT2D eigenvalue weighted by Gasteiger charge is 2.21. The van der Waals surface area contributed by atoms with Crippen molar-refractivity contribution in [3.8, 4) is 0 Å². The fraction of sp³-hybridized carbons (Fsp3) is 0.476. The topological polar surface area (TPSA) is 113 Å². The number of hydrogen-bond donors (Lipinski definition) is 3. The number of unbranched alkanes of at least 4 members (excludes halogenated alkanes) is 1. The maximum absolute atomic E-state index is 12.6. The highest BCUT2D eigenvalue weighted by Crippen LogP contribution is 2.18. The lowest BCUT2D eigenvalue weighted by Crippen LogP contribution is -2.44. The molecule has 0 radical (unpaired) electrons. The number of aromatic nitrogens is 2. The Hall–Kier alpha value is -2.74. The van der Waals surface area contributed by atoms with Crippen LogP contribution >= 0.6 is 11.6 Å². The minimum Gasteiger partial charge on any atom is -0.383 e. The molecule has 0 aliphatic heterocycles. The maximum atomic E-state index is 12.6. The van der Waals surface area contributed by atoms with Crippen molar-refractivity contribution in [2.45, 2.75) is 46.7 Å². The molecule has 0 bridgehead atoms. The molecule has 1 amide bonds. The molecule has 0 aliphatic carbocycles. The van der Waals surface area contributed by atoms with Gasteiger partial charge in [-0.3, -0.25) is 19.1 Å². The molecule has 0 spiro atoms. The van der Waals surface area contributed by atoms with Crippen molar-refractivity contribution >= 4 is 29.0 Å². The smallest absolute Gasteiger partial charge is 0.330 e. The summed E-state index contributed by atoms with van der Waals surface area (Å²) >= 11 is 5.98. The molecular formula is C21H30ClN5O3. The lowest BCUT2D eigenvalue weighted by molar-refractivity contribution is -0.119. The van der Waals surface area contributed by atoms with E-state index in [1.807, 2.05) is 32.9 Å². The predicted molar refractivity (Wildman–Crippen MR) is 121 cm³/mol. The number of carbonyl (C=O) groups excluding carboxylic acids is 1. The Morgan fingerprint density at radius 2 is 2.07 bits per heavy atom. The summed E-state index contributed by atoms with van der Waals surface area (Å²) in [6.45, 7) is 7.06. The number of carbonyl (C=O) groups is 1. The number of nitrogens with one attached hydrogen (secondary N) is 2. The molecule has 0 unspecified atom stereocenters. The van der Waals surface area contributed by atoms with Gasteiger partial charge in [0.1, 0.15) is 11.5 Å². The van der Waals surface area contributed by atoms with Crippen LogP contribution in [0.1, 0.15) is 39.2 Å². The molecule has 0 fully saturated rings. The largest absolute Gasteiger partial charge is 0.383 e. The van der Waals surface area contributed by atoms with E-state index in [4.69, 9.17) is 17.3 Å². The molecular weight excluding hydrogens is 406 g/mol. The van der Waals surface area contributed by atoms with Gasteiger partial charge in [-0.2, -0.15) is 0 Å². The second kappa shape index (κ2) is 10.9. The third kappa shape index (κ3) is 6.38. The molecule has 1 heterocycles. The van der Waals surface area contributed by atoms with Crippen molar-refractivity contribution in [1.29, 1.82) is 0 Å². The van der Waals surface area contributed by atoms with E-state index in [9.17, 15) is 14.4 Å². The van der Waals surface area contributed by atoms with E-state index < -0.39 is 11.2 Å². The van der Waals surface area contributed by atoms with Crippen LogP contribution in [0.25, 0.3) is 0 Å². The van der Waals surface area contributed by atoms with Gasteiger partial charge in [0.2, 0.25) is 5.91 Å². The Bertz CT molecular complexity index is 983. The standard InChI is InChI=1S/C21H30ClN5O3/c1-4-5-9-27-19(23)18(20(29)25-21(27)30)26(12-14(2)3)13-17(28)24-11-15-7-6-8-16(22)10-15/h6-8,10,14H,4-5,9,11-13,23H2,1-3H3,(H,24,28)(H,25,29,30). The van der Waals surface area contributed by atoms with Gasteiger partial charge >= 0.3 is 5.69 Å². The normalized spacial score (nSPS) is 11.0. The molecule has 1 aromatic heterocycles. The SMILES string of the molecule is CCCCn1c(N)c(N(CC(=O)NCc2cccc(Cl)c2)CC(C)C)c(=O)[nH]c1=O. The van der Waals surface area contributed by atoms with E-state index in [0.29, 0.717) is 24.7 Å². The van der Waals surface area contributed by atoms with E-state index in [-0.39, 0.29) is 29.9 Å². The highest BCUT2D eigenvalue weighted by molar-refractivity contribution is 6.30. The van der Waals surface area contributed by atoms with Gasteiger partial charge in [0.05, 0.1) is 6.54 Å². The summed E-state index contributed by atoms with van der Waals surface area (Å²) in [5, 5.41) is 3.43. The van der Waals surface area contributed by atoms with E-state index in [1.165, 1.54) is 4.57 Å². The van der Waals surface area contributed by atoms with Crippen LogP contribution in [0.15, 0.2) is 33.9 Å². The number of nitrogens with two attached hydrogens (primary N) is 1. The molecule has 164 valence electrons. The van der Waals surface area contributed by atoms with Crippen molar-refractivity contribution in [3.63, 3.8) is 0 Å². The van der Waals surface area contributed by atoms with Crippen LogP contribution in [0.3, 0.4) is 0 Å². The number of nitrogens with zero attached hydrogens (tertiary/aromatic N) is 2. The van der Waals surface area contributed by atoms with Gasteiger partial charge in [0.15, 0.2) is 0 Å². The molecule has 9 heteroatoms. The average Bonchev–Trinajstić information content (AvgIpc) is 2.65. The van der Waals surface area contributed by atoms with Crippen molar-refractivity contribution in [3.05, 3.63) is 55.7 Å². The first-order valence-corrected chi connectivity index (χ1v) is 10.5. The van der Waals surface area contributed by atoms with Gasteiger partial charge in [-0.25, -0.2) is 4.79 Å². The Labute approximate surface area is 181 Å². The molecule has 4 N–H and O–H groups in total. The molecule has 8 nitrogen and oxygen atoms in total. The average molecular weight is 436 g/mol. The molecule has 0 saturated heterocycles. The van der Waals surface area contributed by atoms with Crippen molar-refractivity contribution < 1.29 is 4.79 Å². The summed E-state index contributed by atoms with van der Waals surface area (Å²) in [6, 6.07) is 7.22. The molecule has 2 aromatic rings. The highest BCUT2D eigenvalue weighted by atomic mass is 35.5. The second-order valence-electron chi connectivity index (χ2n) is 7.68. The van der Waals surface area contributed by atoms with E-state index in [0.717, 1.165) is 18.4 Å². The Balaban J connectivity index is 2.25. The Morgan fingerprint density at radius 3 is 2.70 bits per heavy atom. The Kier molecular flexibility index (Phi) is 8.53. The van der Waals surface area contributed by atoms with E-state index >= 15 is 0 Å². The number of hydrogen-bond acceptors (Lipinski definition) is 5. The first-order chi connectivity index (χ1) is 14.2. The number of amides is 1. The van der Waals surface area contributed by atoms with Crippen LogP contribution in [0.5, 0.6) is 0 Å². The van der Waals surface area contributed by atoms with Crippen molar-refractivity contribution in [2.75, 3.05) is 23.7 Å². The maximum Gasteiger partial charge on any atom is 0.330 e. The molecule has 0 saturated carbocycles. The summed E-state index contributed by atoms with van der Waals surface area (Å²) in [6.07, 6.45) is 1.63. The number of nitrogen functional groups attached to an aromatic ring is 1. The van der Waals surface area contributed by atoms with Crippen LogP contribution < -0.4 is 27.2 Å². The van der Waals surface area contributed by atoms with E-state index in [2.05, 4.69) is 10.3 Å². The number of halogens is 1. The molecule has 0 atom stereocenters. The van der Waals surface area contributed by atoms with Gasteiger partial charge < -0.3 is 16.0 Å². The quantitative estimate of drug-likeness (QED) is 0.530. The first kappa shape index (κ1) is 23.5. The van der Waals surface area contributed by atoms with Gasteiger partial charge in [-0.1, -0.05) is 50.9 Å². The third-order valence-corrected chi connectivity index (χ3v) is 4.80. The van der Waals surface area contributed by atoms with Crippen LogP contribution in [-0.4, -0.2) is 28.5 Å². The van der Waals surface area contributed by atoms with E-state index in [1.54, 1.807) is 17.0 Å². The summed E-state index contributed by atoms with van der Waals surface area (Å²) in [7, 11) is 0. The first-order valence-electron chi connectivity index (χ1n) is 10.1. The Morgan fingerprint density at radius 1 is 1.33 bits per heavy atom. The lowest BCUT2D eigenvalue weighted by atomic mass is 10.2. The molecule has 30 heavy (non-hydrogen) atoms. The molecule has 0 aliphatic rings. The summed E-state index contributed by atoms with van der Waals surface area (Å²) in [4.78, 5) is 41.3. The van der Waals surface area contributed by atoms with Gasteiger partial charge in [0.25, 0.3) is 5.56 Å². The van der Waals surface area contributed by atoms with Crippen LogP contribution in [0.2, 0.25) is 5.02 Å². The number of rotatable bonds is 10. The van der Waals surface area contributed by atoms with Crippen molar-refractivity contribution in [2.24, 2.45) is 5.92 Å². The summed E-state index contributed by atoms with van der Waals surface area (Å²) in [5.41, 5.74) is 6.11. The molecule has 2 rings (SSSR count). The second-order valence-corrected chi connectivity index (χ2v) is 8.12. The number of H-pyrrole nitrogens is 1. The zero-order valence-electron chi connectivity index (χ0n) is 17.7. The minimum atomic E-state index is -0.589.